The van der Waals surface area contributed by atoms with Crippen LogP contribution in [0.15, 0.2) is 30.3 Å². The number of hydrogen-bond acceptors (Lipinski definition) is 3. The molecule has 0 bridgehead atoms. The molecule has 0 heterocycles. The van der Waals surface area contributed by atoms with E-state index >= 15 is 0 Å². The summed E-state index contributed by atoms with van der Waals surface area (Å²) in [7, 11) is -4.34. The lowest BCUT2D eigenvalue weighted by Crippen LogP contribution is -2.42. The van der Waals surface area contributed by atoms with E-state index in [1.165, 1.54) is 12.1 Å². The minimum atomic E-state index is -4.77. The van der Waals surface area contributed by atoms with Crippen LogP contribution in [0.25, 0.3) is 0 Å². The maximum absolute atomic E-state index is 12.3. The first-order valence-corrected chi connectivity index (χ1v) is 6.84. The summed E-state index contributed by atoms with van der Waals surface area (Å²) in [4.78, 5) is 11.1. The fraction of sp³-hybridized carbons (Fsp3) is 0.364. The van der Waals surface area contributed by atoms with Crippen LogP contribution in [0, 0.1) is 0 Å². The highest BCUT2D eigenvalue weighted by molar-refractivity contribution is 7.88. The van der Waals surface area contributed by atoms with E-state index in [1.54, 1.807) is 18.2 Å². The Kier molecular flexibility index (Phi) is 4.56. The Bertz CT molecular complexity index is 540. The third-order valence-corrected chi connectivity index (χ3v) is 3.96. The molecule has 0 unspecified atom stereocenters. The largest absolute Gasteiger partial charge is 0.407 e. The molecule has 0 saturated heterocycles. The molecule has 0 aliphatic heterocycles. The van der Waals surface area contributed by atoms with E-state index in [2.05, 4.69) is 0 Å². The molecule has 4 nitrogen and oxygen atoms in total. The van der Waals surface area contributed by atoms with Crippen molar-refractivity contribution in [2.75, 3.05) is 6.54 Å². The third-order valence-electron chi connectivity index (χ3n) is 2.20. The molecule has 0 aromatic heterocycles. The number of benzene rings is 1. The molecule has 0 N–H and O–H groups in total. The minimum absolute atomic E-state index is 0.153. The van der Waals surface area contributed by atoms with Crippen molar-refractivity contribution in [1.29, 1.82) is 0 Å². The van der Waals surface area contributed by atoms with E-state index in [0.717, 1.165) is 6.92 Å². The number of sulfonamides is 1. The monoisotopic (exact) mass is 295 g/mol. The van der Waals surface area contributed by atoms with Crippen LogP contribution in [-0.2, 0) is 20.6 Å². The van der Waals surface area contributed by atoms with E-state index in [0.29, 0.717) is 5.56 Å². The van der Waals surface area contributed by atoms with Gasteiger partial charge in [0.2, 0.25) is 15.9 Å². The van der Waals surface area contributed by atoms with Gasteiger partial charge in [0.15, 0.2) is 0 Å². The minimum Gasteiger partial charge on any atom is -0.274 e. The van der Waals surface area contributed by atoms with Gasteiger partial charge in [0, 0.05) is 6.92 Å². The summed E-state index contributed by atoms with van der Waals surface area (Å²) in [5.41, 5.74) is 0.316. The van der Waals surface area contributed by atoms with Crippen molar-refractivity contribution < 1.29 is 26.4 Å². The van der Waals surface area contributed by atoms with Crippen molar-refractivity contribution in [3.8, 4) is 0 Å². The molecule has 0 fully saturated rings. The van der Waals surface area contributed by atoms with Crippen molar-refractivity contribution in [2.45, 2.75) is 18.9 Å². The highest BCUT2D eigenvalue weighted by Gasteiger charge is 2.37. The summed E-state index contributed by atoms with van der Waals surface area (Å²) >= 11 is 0. The molecule has 0 atom stereocenters. The smallest absolute Gasteiger partial charge is 0.274 e. The average molecular weight is 295 g/mol. The fourth-order valence-electron chi connectivity index (χ4n) is 1.43. The molecule has 0 aliphatic carbocycles. The summed E-state index contributed by atoms with van der Waals surface area (Å²) < 4.78 is 60.3. The van der Waals surface area contributed by atoms with Gasteiger partial charge in [-0.05, 0) is 5.56 Å². The van der Waals surface area contributed by atoms with Gasteiger partial charge in [0.05, 0.1) is 5.75 Å². The molecule has 106 valence electrons. The highest BCUT2D eigenvalue weighted by Crippen LogP contribution is 2.20. The van der Waals surface area contributed by atoms with Crippen LogP contribution >= 0.6 is 0 Å². The van der Waals surface area contributed by atoms with Gasteiger partial charge in [-0.1, -0.05) is 30.3 Å². The van der Waals surface area contributed by atoms with Crippen LogP contribution in [0.4, 0.5) is 13.2 Å². The molecule has 1 aromatic carbocycles. The highest BCUT2D eigenvalue weighted by atomic mass is 32.2. The Hall–Kier alpha value is -1.57. The number of carbonyl (C=O) groups is 1. The summed E-state index contributed by atoms with van der Waals surface area (Å²) in [5.74, 6) is -1.81. The van der Waals surface area contributed by atoms with Crippen molar-refractivity contribution in [1.82, 2.24) is 4.31 Å². The molecular formula is C11H12F3NO3S. The Labute approximate surface area is 108 Å². The Morgan fingerprint density at radius 2 is 1.74 bits per heavy atom. The number of carbonyl (C=O) groups excluding carboxylic acids is 1. The van der Waals surface area contributed by atoms with Gasteiger partial charge in [0.1, 0.15) is 6.54 Å². The van der Waals surface area contributed by atoms with Crippen molar-refractivity contribution in [2.24, 2.45) is 0 Å². The topological polar surface area (TPSA) is 54.5 Å². The second kappa shape index (κ2) is 5.60. The standard InChI is InChI=1S/C11H12F3NO3S/c1-9(16)15(8-11(12,13)14)19(17,18)7-10-5-3-2-4-6-10/h2-6H,7-8H2,1H3. The van der Waals surface area contributed by atoms with Crippen molar-refractivity contribution >= 4 is 15.9 Å². The zero-order valence-corrected chi connectivity index (χ0v) is 10.8. The predicted molar refractivity (Wildman–Crippen MR) is 62.5 cm³/mol. The average Bonchev–Trinajstić information content (AvgIpc) is 2.25. The van der Waals surface area contributed by atoms with Gasteiger partial charge < -0.3 is 0 Å². The van der Waals surface area contributed by atoms with E-state index in [4.69, 9.17) is 0 Å². The summed E-state index contributed by atoms with van der Waals surface area (Å²) in [6.07, 6.45) is -4.77. The summed E-state index contributed by atoms with van der Waals surface area (Å²) in [6, 6.07) is 7.70. The second-order valence-corrected chi connectivity index (χ2v) is 5.78. The van der Waals surface area contributed by atoms with Crippen molar-refractivity contribution in [3.63, 3.8) is 0 Å². The molecule has 0 aliphatic rings. The molecule has 8 heteroatoms. The quantitative estimate of drug-likeness (QED) is 0.853. The lowest BCUT2D eigenvalue weighted by molar-refractivity contribution is -0.149. The maximum atomic E-state index is 12.3. The molecule has 1 rings (SSSR count). The third kappa shape index (κ3) is 4.90. The number of hydrogen-bond donors (Lipinski definition) is 0. The SMILES string of the molecule is CC(=O)N(CC(F)(F)F)S(=O)(=O)Cc1ccccc1. The van der Waals surface area contributed by atoms with E-state index in [9.17, 15) is 26.4 Å². The number of nitrogens with zero attached hydrogens (tertiary/aromatic N) is 1. The van der Waals surface area contributed by atoms with E-state index in [-0.39, 0.29) is 4.31 Å². The van der Waals surface area contributed by atoms with Gasteiger partial charge >= 0.3 is 6.18 Å². The first-order chi connectivity index (χ1) is 8.62. The lowest BCUT2D eigenvalue weighted by atomic mass is 10.2. The molecule has 19 heavy (non-hydrogen) atoms. The zero-order valence-electron chi connectivity index (χ0n) is 10.0. The summed E-state index contributed by atoms with van der Waals surface area (Å²) in [5, 5.41) is 0. The molecule has 1 aromatic rings. The fourth-order valence-corrected chi connectivity index (χ4v) is 2.94. The molecule has 0 spiro atoms. The van der Waals surface area contributed by atoms with Crippen LogP contribution in [0.5, 0.6) is 0 Å². The molecule has 1 amide bonds. The van der Waals surface area contributed by atoms with Gasteiger partial charge in [0.25, 0.3) is 0 Å². The van der Waals surface area contributed by atoms with Crippen LogP contribution in [0.2, 0.25) is 0 Å². The number of rotatable bonds is 4. The lowest BCUT2D eigenvalue weighted by Gasteiger charge is -2.22. The van der Waals surface area contributed by atoms with Gasteiger partial charge in [-0.25, -0.2) is 12.7 Å². The summed E-state index contributed by atoms with van der Waals surface area (Å²) in [6.45, 7) is -1.02. The van der Waals surface area contributed by atoms with E-state index in [1.807, 2.05) is 0 Å². The van der Waals surface area contributed by atoms with Gasteiger partial charge in [-0.2, -0.15) is 13.2 Å². The Balaban J connectivity index is 2.98. The van der Waals surface area contributed by atoms with Crippen molar-refractivity contribution in [3.05, 3.63) is 35.9 Å². The Morgan fingerprint density at radius 3 is 2.16 bits per heavy atom. The second-order valence-electron chi connectivity index (χ2n) is 3.88. The predicted octanol–water partition coefficient (Wildman–Crippen LogP) is 1.93. The molecular weight excluding hydrogens is 283 g/mol. The number of alkyl halides is 3. The first kappa shape index (κ1) is 15.5. The Morgan fingerprint density at radius 1 is 1.21 bits per heavy atom. The maximum Gasteiger partial charge on any atom is 0.407 e. The molecule has 0 saturated carbocycles. The normalized spacial score (nSPS) is 12.2. The molecule has 0 radical (unpaired) electrons. The van der Waals surface area contributed by atoms with Gasteiger partial charge in [-0.3, -0.25) is 4.79 Å². The first-order valence-electron chi connectivity index (χ1n) is 5.23. The van der Waals surface area contributed by atoms with Crippen LogP contribution < -0.4 is 0 Å². The van der Waals surface area contributed by atoms with E-state index < -0.39 is 34.4 Å². The van der Waals surface area contributed by atoms with Crippen LogP contribution in [0.1, 0.15) is 12.5 Å². The van der Waals surface area contributed by atoms with Gasteiger partial charge in [-0.15, -0.1) is 0 Å². The number of amides is 1. The van der Waals surface area contributed by atoms with Crippen LogP contribution in [0.3, 0.4) is 0 Å². The van der Waals surface area contributed by atoms with Crippen LogP contribution in [-0.4, -0.2) is 31.4 Å². The zero-order chi connectivity index (χ0) is 14.7. The number of halogens is 3.